The molecule has 0 aliphatic carbocycles. The van der Waals surface area contributed by atoms with Crippen molar-refractivity contribution in [1.29, 1.82) is 0 Å². The summed E-state index contributed by atoms with van der Waals surface area (Å²) in [5.74, 6) is 0.156. The number of benzene rings is 1. The molecule has 2 atom stereocenters. The summed E-state index contributed by atoms with van der Waals surface area (Å²) < 4.78 is 12.8. The van der Waals surface area contributed by atoms with Crippen LogP contribution in [0, 0.1) is 11.7 Å². The number of hydrogen-bond acceptors (Lipinski definition) is 2. The molecular weight excluding hydrogens is 193 g/mol. The Kier molecular flexibility index (Phi) is 3.03. The van der Waals surface area contributed by atoms with Gasteiger partial charge in [0.05, 0.1) is 0 Å². The second kappa shape index (κ2) is 4.29. The maximum absolute atomic E-state index is 12.8. The van der Waals surface area contributed by atoms with E-state index in [1.165, 1.54) is 12.1 Å². The molecule has 1 N–H and O–H groups in total. The molecule has 1 saturated heterocycles. The summed E-state index contributed by atoms with van der Waals surface area (Å²) in [6.07, 6.45) is 0.957. The molecule has 15 heavy (non-hydrogen) atoms. The van der Waals surface area contributed by atoms with Crippen molar-refractivity contribution >= 4 is 0 Å². The Morgan fingerprint density at radius 3 is 2.60 bits per heavy atom. The number of likely N-dealkylation sites (tertiary alicyclic amines) is 1. The lowest BCUT2D eigenvalue weighted by Gasteiger charge is -2.19. The summed E-state index contributed by atoms with van der Waals surface area (Å²) in [6, 6.07) is 6.97. The van der Waals surface area contributed by atoms with Gasteiger partial charge in [0.2, 0.25) is 0 Å². The molecule has 1 aromatic carbocycles. The second-order valence-corrected chi connectivity index (χ2v) is 4.29. The van der Waals surface area contributed by atoms with Gasteiger partial charge in [-0.2, -0.15) is 0 Å². The van der Waals surface area contributed by atoms with Crippen LogP contribution in [0.3, 0.4) is 0 Å². The highest BCUT2D eigenvalue weighted by Gasteiger charge is 2.29. The molecule has 1 aliphatic heterocycles. The van der Waals surface area contributed by atoms with Gasteiger partial charge in [-0.05, 0) is 37.1 Å². The van der Waals surface area contributed by atoms with Crippen molar-refractivity contribution in [3.8, 4) is 0 Å². The third kappa shape index (κ3) is 2.19. The van der Waals surface area contributed by atoms with Gasteiger partial charge in [0, 0.05) is 19.2 Å². The van der Waals surface area contributed by atoms with Gasteiger partial charge in [0.15, 0.2) is 0 Å². The third-order valence-electron chi connectivity index (χ3n) is 3.15. The number of nitrogens with zero attached hydrogens (tertiary/aromatic N) is 1. The summed E-state index contributed by atoms with van der Waals surface area (Å²) in [7, 11) is 2.05. The number of aliphatic hydroxyl groups is 1. The van der Waals surface area contributed by atoms with Crippen LogP contribution in [0.15, 0.2) is 24.3 Å². The van der Waals surface area contributed by atoms with Crippen molar-refractivity contribution in [1.82, 2.24) is 4.90 Å². The minimum atomic E-state index is -0.196. The van der Waals surface area contributed by atoms with Gasteiger partial charge in [-0.1, -0.05) is 12.1 Å². The number of halogens is 1. The molecule has 0 spiro atoms. The second-order valence-electron chi connectivity index (χ2n) is 4.29. The fourth-order valence-corrected chi connectivity index (χ4v) is 2.31. The average molecular weight is 209 g/mol. The summed E-state index contributed by atoms with van der Waals surface area (Å²) in [6.45, 7) is 1.15. The van der Waals surface area contributed by atoms with E-state index in [4.69, 9.17) is 5.11 Å². The smallest absolute Gasteiger partial charge is 0.123 e. The Balaban J connectivity index is 2.14. The van der Waals surface area contributed by atoms with Crippen LogP contribution in [0.5, 0.6) is 0 Å². The van der Waals surface area contributed by atoms with Crippen LogP contribution in [-0.4, -0.2) is 30.2 Å². The maximum Gasteiger partial charge on any atom is 0.123 e. The molecular formula is C12H16FNO. The van der Waals surface area contributed by atoms with Crippen molar-refractivity contribution in [2.75, 3.05) is 20.2 Å². The number of hydrogen-bond donors (Lipinski definition) is 1. The Morgan fingerprint density at radius 2 is 2.07 bits per heavy atom. The predicted octanol–water partition coefficient (Wildman–Crippen LogP) is 1.81. The standard InChI is InChI=1S/C12H16FNO/c1-14-7-9(8-15)6-12(14)10-2-4-11(13)5-3-10/h2-5,9,12,15H,6-8H2,1H3/t9-,12-/m0/s1. The molecule has 2 nitrogen and oxygen atoms in total. The molecule has 1 fully saturated rings. The van der Waals surface area contributed by atoms with Crippen LogP contribution in [-0.2, 0) is 0 Å². The zero-order valence-electron chi connectivity index (χ0n) is 8.86. The summed E-state index contributed by atoms with van der Waals surface area (Å²) >= 11 is 0. The van der Waals surface area contributed by atoms with Gasteiger partial charge in [-0.15, -0.1) is 0 Å². The van der Waals surface area contributed by atoms with E-state index in [0.29, 0.717) is 12.0 Å². The molecule has 82 valence electrons. The first kappa shape index (κ1) is 10.6. The third-order valence-corrected chi connectivity index (χ3v) is 3.15. The number of rotatable bonds is 2. The van der Waals surface area contributed by atoms with E-state index in [2.05, 4.69) is 4.90 Å². The molecule has 0 saturated carbocycles. The predicted molar refractivity (Wildman–Crippen MR) is 57.0 cm³/mol. The largest absolute Gasteiger partial charge is 0.396 e. The molecule has 1 aliphatic rings. The van der Waals surface area contributed by atoms with Gasteiger partial charge in [-0.3, -0.25) is 4.90 Å². The normalized spacial score (nSPS) is 27.1. The van der Waals surface area contributed by atoms with Crippen molar-refractivity contribution in [2.24, 2.45) is 5.92 Å². The highest BCUT2D eigenvalue weighted by molar-refractivity contribution is 5.21. The maximum atomic E-state index is 12.8. The van der Waals surface area contributed by atoms with Gasteiger partial charge in [0.25, 0.3) is 0 Å². The minimum absolute atomic E-state index is 0.196. The Hall–Kier alpha value is -0.930. The van der Waals surface area contributed by atoms with E-state index in [1.807, 2.05) is 19.2 Å². The van der Waals surface area contributed by atoms with Crippen LogP contribution in [0.1, 0.15) is 18.0 Å². The minimum Gasteiger partial charge on any atom is -0.396 e. The van der Waals surface area contributed by atoms with Gasteiger partial charge < -0.3 is 5.11 Å². The molecule has 0 amide bonds. The van der Waals surface area contributed by atoms with Gasteiger partial charge in [-0.25, -0.2) is 4.39 Å². The lowest BCUT2D eigenvalue weighted by atomic mass is 10.0. The highest BCUT2D eigenvalue weighted by Crippen LogP contribution is 2.33. The van der Waals surface area contributed by atoms with E-state index in [9.17, 15) is 4.39 Å². The van der Waals surface area contributed by atoms with E-state index in [1.54, 1.807) is 0 Å². The molecule has 1 heterocycles. The van der Waals surface area contributed by atoms with Crippen LogP contribution < -0.4 is 0 Å². The average Bonchev–Trinajstić information content (AvgIpc) is 2.61. The molecule has 0 aromatic heterocycles. The summed E-state index contributed by atoms with van der Waals surface area (Å²) in [4.78, 5) is 2.22. The van der Waals surface area contributed by atoms with E-state index < -0.39 is 0 Å². The Labute approximate surface area is 89.3 Å². The van der Waals surface area contributed by atoms with Crippen molar-refractivity contribution in [3.05, 3.63) is 35.6 Å². The molecule has 0 radical (unpaired) electrons. The van der Waals surface area contributed by atoms with Crippen LogP contribution in [0.2, 0.25) is 0 Å². The Morgan fingerprint density at radius 1 is 1.40 bits per heavy atom. The lowest BCUT2D eigenvalue weighted by Crippen LogP contribution is -2.18. The molecule has 2 rings (SSSR count). The molecule has 0 bridgehead atoms. The zero-order chi connectivity index (χ0) is 10.8. The van der Waals surface area contributed by atoms with Gasteiger partial charge in [0.1, 0.15) is 5.82 Å². The first-order valence-electron chi connectivity index (χ1n) is 5.27. The summed E-state index contributed by atoms with van der Waals surface area (Å²) in [5, 5.41) is 9.11. The van der Waals surface area contributed by atoms with Crippen molar-refractivity contribution < 1.29 is 9.50 Å². The van der Waals surface area contributed by atoms with E-state index >= 15 is 0 Å². The molecule has 1 aromatic rings. The Bertz CT molecular complexity index is 325. The topological polar surface area (TPSA) is 23.5 Å². The first-order valence-corrected chi connectivity index (χ1v) is 5.27. The fraction of sp³-hybridized carbons (Fsp3) is 0.500. The van der Waals surface area contributed by atoms with E-state index in [-0.39, 0.29) is 12.4 Å². The summed E-state index contributed by atoms with van der Waals surface area (Å²) in [5.41, 5.74) is 1.13. The van der Waals surface area contributed by atoms with Crippen LogP contribution in [0.25, 0.3) is 0 Å². The SMILES string of the molecule is CN1C[C@@H](CO)C[C@H]1c1ccc(F)cc1. The lowest BCUT2D eigenvalue weighted by molar-refractivity contribution is 0.227. The number of aliphatic hydroxyl groups excluding tert-OH is 1. The van der Waals surface area contributed by atoms with Gasteiger partial charge >= 0.3 is 0 Å². The highest BCUT2D eigenvalue weighted by atomic mass is 19.1. The first-order chi connectivity index (χ1) is 7.20. The zero-order valence-corrected chi connectivity index (χ0v) is 8.86. The van der Waals surface area contributed by atoms with Crippen LogP contribution in [0.4, 0.5) is 4.39 Å². The van der Waals surface area contributed by atoms with E-state index in [0.717, 1.165) is 18.5 Å². The fourth-order valence-electron chi connectivity index (χ4n) is 2.31. The quantitative estimate of drug-likeness (QED) is 0.803. The van der Waals surface area contributed by atoms with Crippen molar-refractivity contribution in [3.63, 3.8) is 0 Å². The van der Waals surface area contributed by atoms with Crippen LogP contribution >= 0.6 is 0 Å². The monoisotopic (exact) mass is 209 g/mol. The van der Waals surface area contributed by atoms with Crippen molar-refractivity contribution in [2.45, 2.75) is 12.5 Å². The molecule has 3 heteroatoms. The molecule has 0 unspecified atom stereocenters.